The number of rotatable bonds is 28. The molecule has 0 aromatic heterocycles. The first-order valence-electron chi connectivity index (χ1n) is 22.1. The highest BCUT2D eigenvalue weighted by Gasteiger charge is 2.31. The average molecular weight is 810 g/mol. The number of carbonyl (C=O) groups is 4. The van der Waals surface area contributed by atoms with E-state index in [1.54, 1.807) is 13.8 Å². The molecule has 1 N–H and O–H groups in total. The van der Waals surface area contributed by atoms with Crippen LogP contribution in [-0.2, 0) is 39.9 Å². The molecular formula is C50H67NO8. The van der Waals surface area contributed by atoms with Gasteiger partial charge in [-0.05, 0) is 46.2 Å². The molecule has 0 heterocycles. The van der Waals surface area contributed by atoms with Crippen molar-refractivity contribution in [3.8, 4) is 11.1 Å². The minimum Gasteiger partial charge on any atom is -0.460 e. The zero-order valence-electron chi connectivity index (χ0n) is 35.7. The number of esters is 3. The lowest BCUT2D eigenvalue weighted by Crippen LogP contribution is -2.46. The summed E-state index contributed by atoms with van der Waals surface area (Å²) in [5.41, 5.74) is 5.23. The Balaban J connectivity index is 1.21. The number of carbonyl (C=O) groups excluding carboxylic acids is 4. The van der Waals surface area contributed by atoms with Crippen molar-refractivity contribution in [2.24, 2.45) is 5.92 Å². The molecule has 0 saturated heterocycles. The maximum Gasteiger partial charge on any atom is 0.407 e. The molecule has 0 spiro atoms. The first kappa shape index (κ1) is 46.8. The smallest absolute Gasteiger partial charge is 0.407 e. The van der Waals surface area contributed by atoms with Crippen molar-refractivity contribution in [1.82, 2.24) is 5.32 Å². The molecule has 59 heavy (non-hydrogen) atoms. The molecule has 0 fully saturated rings. The molecular weight excluding hydrogens is 743 g/mol. The summed E-state index contributed by atoms with van der Waals surface area (Å²) in [7, 11) is 0. The number of fused-ring (bicyclic) bond motifs is 3. The second-order valence-corrected chi connectivity index (χ2v) is 16.0. The fourth-order valence-electron chi connectivity index (χ4n) is 7.48. The SMILES string of the molecule is CCCCCCCCCCCCCCCCCC(=O)OC(C=CC(=O)OCc1ccccc1)COC(=O)[C@@H](NC(=O)OCC1c2ccccc2-c2ccccc21)C(C)C. The Bertz CT molecular complexity index is 1690. The van der Waals surface area contributed by atoms with Crippen LogP contribution in [0.4, 0.5) is 4.79 Å². The fourth-order valence-corrected chi connectivity index (χ4v) is 7.48. The van der Waals surface area contributed by atoms with Crippen molar-refractivity contribution in [3.63, 3.8) is 0 Å². The van der Waals surface area contributed by atoms with Crippen LogP contribution in [0, 0.1) is 5.92 Å². The Morgan fingerprint density at radius 2 is 1.17 bits per heavy atom. The Morgan fingerprint density at radius 3 is 1.73 bits per heavy atom. The first-order valence-corrected chi connectivity index (χ1v) is 22.1. The van der Waals surface area contributed by atoms with Gasteiger partial charge in [-0.15, -0.1) is 0 Å². The summed E-state index contributed by atoms with van der Waals surface area (Å²) >= 11 is 0. The zero-order chi connectivity index (χ0) is 42.1. The van der Waals surface area contributed by atoms with Crippen LogP contribution in [0.3, 0.4) is 0 Å². The number of ether oxygens (including phenoxy) is 4. The minimum atomic E-state index is -1.03. The number of hydrogen-bond acceptors (Lipinski definition) is 8. The van der Waals surface area contributed by atoms with E-state index in [9.17, 15) is 19.2 Å². The van der Waals surface area contributed by atoms with Gasteiger partial charge in [-0.25, -0.2) is 14.4 Å². The van der Waals surface area contributed by atoms with Gasteiger partial charge in [0.2, 0.25) is 0 Å². The van der Waals surface area contributed by atoms with E-state index in [0.29, 0.717) is 6.42 Å². The normalized spacial score (nSPS) is 13.1. The largest absolute Gasteiger partial charge is 0.460 e. The second-order valence-electron chi connectivity index (χ2n) is 16.0. The van der Waals surface area contributed by atoms with Crippen LogP contribution in [0.15, 0.2) is 91.0 Å². The first-order chi connectivity index (χ1) is 28.8. The maximum atomic E-state index is 13.4. The van der Waals surface area contributed by atoms with Gasteiger partial charge in [0, 0.05) is 18.4 Å². The molecule has 3 aromatic rings. The third kappa shape index (κ3) is 17.1. The second kappa shape index (κ2) is 27.0. The molecule has 0 bridgehead atoms. The summed E-state index contributed by atoms with van der Waals surface area (Å²) in [6.07, 6.45) is 19.4. The van der Waals surface area contributed by atoms with E-state index in [2.05, 4.69) is 24.4 Å². The molecule has 2 atom stereocenters. The number of unbranched alkanes of at least 4 members (excludes halogenated alkanes) is 14. The molecule has 0 aliphatic heterocycles. The molecule has 320 valence electrons. The number of alkyl carbamates (subject to hydrolysis) is 1. The summed E-state index contributed by atoms with van der Waals surface area (Å²) in [5, 5.41) is 2.67. The Hall–Kier alpha value is -4.92. The Morgan fingerprint density at radius 1 is 0.644 bits per heavy atom. The number of amides is 1. The lowest BCUT2D eigenvalue weighted by Gasteiger charge is -2.22. The van der Waals surface area contributed by atoms with Gasteiger partial charge in [-0.1, -0.05) is 190 Å². The highest BCUT2D eigenvalue weighted by Crippen LogP contribution is 2.44. The van der Waals surface area contributed by atoms with Crippen molar-refractivity contribution in [2.75, 3.05) is 13.2 Å². The van der Waals surface area contributed by atoms with Gasteiger partial charge >= 0.3 is 24.0 Å². The van der Waals surface area contributed by atoms with Crippen molar-refractivity contribution < 1.29 is 38.1 Å². The minimum absolute atomic E-state index is 0.0836. The van der Waals surface area contributed by atoms with Crippen LogP contribution in [0.25, 0.3) is 11.1 Å². The van der Waals surface area contributed by atoms with Crippen LogP contribution in [0.2, 0.25) is 0 Å². The summed E-state index contributed by atoms with van der Waals surface area (Å²) in [5.74, 6) is -2.25. The molecule has 0 saturated carbocycles. The highest BCUT2D eigenvalue weighted by atomic mass is 16.6. The van der Waals surface area contributed by atoms with Crippen LogP contribution in [-0.4, -0.2) is 49.4 Å². The highest BCUT2D eigenvalue weighted by molar-refractivity contribution is 5.83. The van der Waals surface area contributed by atoms with E-state index in [1.807, 2.05) is 66.7 Å². The lowest BCUT2D eigenvalue weighted by atomic mass is 9.98. The van der Waals surface area contributed by atoms with Gasteiger partial charge in [0.1, 0.15) is 25.9 Å². The van der Waals surface area contributed by atoms with E-state index in [0.717, 1.165) is 47.1 Å². The van der Waals surface area contributed by atoms with E-state index in [-0.39, 0.29) is 38.1 Å². The Kier molecular flexibility index (Phi) is 21.4. The van der Waals surface area contributed by atoms with E-state index < -0.39 is 36.1 Å². The van der Waals surface area contributed by atoms with Gasteiger partial charge in [0.05, 0.1) is 0 Å². The van der Waals surface area contributed by atoms with Gasteiger partial charge in [0.25, 0.3) is 0 Å². The van der Waals surface area contributed by atoms with Crippen LogP contribution in [0.1, 0.15) is 146 Å². The topological polar surface area (TPSA) is 117 Å². The third-order valence-corrected chi connectivity index (χ3v) is 10.9. The van der Waals surface area contributed by atoms with E-state index >= 15 is 0 Å². The lowest BCUT2D eigenvalue weighted by molar-refractivity contribution is -0.158. The van der Waals surface area contributed by atoms with E-state index in [4.69, 9.17) is 18.9 Å². The fraction of sp³-hybridized carbons (Fsp3) is 0.520. The van der Waals surface area contributed by atoms with Crippen molar-refractivity contribution in [1.29, 1.82) is 0 Å². The molecule has 1 aliphatic carbocycles. The average Bonchev–Trinajstić information content (AvgIpc) is 3.57. The van der Waals surface area contributed by atoms with Gasteiger partial charge in [0.15, 0.2) is 6.10 Å². The van der Waals surface area contributed by atoms with Gasteiger partial charge in [-0.2, -0.15) is 0 Å². The van der Waals surface area contributed by atoms with Crippen LogP contribution < -0.4 is 5.32 Å². The predicted octanol–water partition coefficient (Wildman–Crippen LogP) is 11.6. The quantitative estimate of drug-likeness (QED) is 0.0333. The Labute approximate surface area is 352 Å². The summed E-state index contributed by atoms with van der Waals surface area (Å²) < 4.78 is 22.3. The summed E-state index contributed by atoms with van der Waals surface area (Å²) in [6.45, 7) is 5.66. The van der Waals surface area contributed by atoms with E-state index in [1.165, 1.54) is 82.8 Å². The molecule has 1 amide bonds. The molecule has 1 unspecified atom stereocenters. The monoisotopic (exact) mass is 809 g/mol. The number of benzene rings is 3. The van der Waals surface area contributed by atoms with Crippen LogP contribution in [0.5, 0.6) is 0 Å². The van der Waals surface area contributed by atoms with Crippen LogP contribution >= 0.6 is 0 Å². The van der Waals surface area contributed by atoms with Crippen molar-refractivity contribution >= 4 is 24.0 Å². The van der Waals surface area contributed by atoms with Crippen molar-refractivity contribution in [3.05, 3.63) is 108 Å². The maximum absolute atomic E-state index is 13.4. The number of hydrogen-bond donors (Lipinski definition) is 1. The molecule has 4 rings (SSSR count). The third-order valence-electron chi connectivity index (χ3n) is 10.9. The summed E-state index contributed by atoms with van der Waals surface area (Å²) in [4.78, 5) is 51.9. The molecule has 0 radical (unpaired) electrons. The standard InChI is InChI=1S/C50H67NO8/c1-4-5-6-7-8-9-10-11-12-13-14-15-16-17-21-32-47(53)59-40(33-34-46(52)56-35-39-26-19-18-20-27-39)36-57-49(54)48(38(2)3)51-50(55)58-37-45-43-30-24-22-28-41(43)42-29-23-25-31-44(42)45/h18-20,22-31,33-34,38,40,45,48H,4-17,21,32,35-37H2,1-3H3,(H,51,55)/t40?,48-/m0/s1. The van der Waals surface area contributed by atoms with Gasteiger partial charge in [-0.3, -0.25) is 4.79 Å². The molecule has 9 heteroatoms. The zero-order valence-corrected chi connectivity index (χ0v) is 35.7. The number of nitrogens with one attached hydrogen (secondary N) is 1. The molecule has 9 nitrogen and oxygen atoms in total. The molecule has 1 aliphatic rings. The summed E-state index contributed by atoms with van der Waals surface area (Å²) in [6, 6.07) is 24.4. The van der Waals surface area contributed by atoms with Crippen molar-refractivity contribution in [2.45, 2.75) is 148 Å². The molecule has 3 aromatic carbocycles. The van der Waals surface area contributed by atoms with Gasteiger partial charge < -0.3 is 24.3 Å². The predicted molar refractivity (Wildman–Crippen MR) is 233 cm³/mol.